The standard InChI is InChI=1S/C14H22N2O2/c1-10-8-16-13(11(2)14(10)17-3)9-18-12-4-6-15-7-5-12/h8,12,15H,4-7,9H2,1-3H3. The molecule has 0 bridgehead atoms. The highest BCUT2D eigenvalue weighted by molar-refractivity contribution is 5.40. The summed E-state index contributed by atoms with van der Waals surface area (Å²) in [5.41, 5.74) is 3.14. The fourth-order valence-electron chi connectivity index (χ4n) is 2.38. The summed E-state index contributed by atoms with van der Waals surface area (Å²) in [7, 11) is 1.70. The third-order valence-electron chi connectivity index (χ3n) is 3.49. The van der Waals surface area contributed by atoms with Crippen molar-refractivity contribution in [2.45, 2.75) is 39.4 Å². The molecule has 1 saturated heterocycles. The lowest BCUT2D eigenvalue weighted by Gasteiger charge is -2.23. The van der Waals surface area contributed by atoms with Gasteiger partial charge in [0.25, 0.3) is 0 Å². The number of ether oxygens (including phenoxy) is 2. The highest BCUT2D eigenvalue weighted by Crippen LogP contribution is 2.24. The lowest BCUT2D eigenvalue weighted by atomic mass is 10.1. The maximum Gasteiger partial charge on any atom is 0.128 e. The monoisotopic (exact) mass is 250 g/mol. The van der Waals surface area contributed by atoms with E-state index in [1.165, 1.54) is 0 Å². The van der Waals surface area contributed by atoms with E-state index in [0.717, 1.165) is 48.5 Å². The van der Waals surface area contributed by atoms with E-state index in [2.05, 4.69) is 10.3 Å². The molecule has 1 fully saturated rings. The van der Waals surface area contributed by atoms with Gasteiger partial charge in [0.05, 0.1) is 25.5 Å². The molecule has 1 aromatic heterocycles. The van der Waals surface area contributed by atoms with Crippen LogP contribution < -0.4 is 10.1 Å². The van der Waals surface area contributed by atoms with Crippen molar-refractivity contribution in [2.24, 2.45) is 0 Å². The fourth-order valence-corrected chi connectivity index (χ4v) is 2.38. The summed E-state index contributed by atoms with van der Waals surface area (Å²) in [5.74, 6) is 0.925. The molecule has 1 aliphatic heterocycles. The van der Waals surface area contributed by atoms with Crippen molar-refractivity contribution in [2.75, 3.05) is 20.2 Å². The second-order valence-corrected chi connectivity index (χ2v) is 4.81. The van der Waals surface area contributed by atoms with Crippen LogP contribution >= 0.6 is 0 Å². The minimum atomic E-state index is 0.361. The number of piperidine rings is 1. The van der Waals surface area contributed by atoms with Crippen LogP contribution in [0.15, 0.2) is 6.20 Å². The molecule has 1 aliphatic rings. The van der Waals surface area contributed by atoms with E-state index in [9.17, 15) is 0 Å². The van der Waals surface area contributed by atoms with E-state index in [4.69, 9.17) is 9.47 Å². The number of pyridine rings is 1. The van der Waals surface area contributed by atoms with Crippen LogP contribution in [0.1, 0.15) is 29.7 Å². The molecule has 0 radical (unpaired) electrons. The smallest absolute Gasteiger partial charge is 0.128 e. The molecule has 0 unspecified atom stereocenters. The van der Waals surface area contributed by atoms with Gasteiger partial charge in [0.1, 0.15) is 5.75 Å². The molecule has 2 rings (SSSR count). The Morgan fingerprint density at radius 1 is 1.33 bits per heavy atom. The molecule has 0 atom stereocenters. The molecule has 0 aromatic carbocycles. The zero-order chi connectivity index (χ0) is 13.0. The number of nitrogens with one attached hydrogen (secondary N) is 1. The van der Waals surface area contributed by atoms with Crippen molar-refractivity contribution in [3.8, 4) is 5.75 Å². The molecular formula is C14H22N2O2. The van der Waals surface area contributed by atoms with Crippen molar-refractivity contribution in [1.29, 1.82) is 0 Å². The first-order chi connectivity index (χ1) is 8.72. The number of hydrogen-bond acceptors (Lipinski definition) is 4. The van der Waals surface area contributed by atoms with E-state index in [0.29, 0.717) is 12.7 Å². The molecule has 0 amide bonds. The Kier molecular flexibility index (Phi) is 4.55. The summed E-state index contributed by atoms with van der Waals surface area (Å²) >= 11 is 0. The van der Waals surface area contributed by atoms with Gasteiger partial charge in [-0.2, -0.15) is 0 Å². The van der Waals surface area contributed by atoms with Gasteiger partial charge in [0.15, 0.2) is 0 Å². The van der Waals surface area contributed by atoms with E-state index in [-0.39, 0.29) is 0 Å². The van der Waals surface area contributed by atoms with Crippen molar-refractivity contribution in [3.05, 3.63) is 23.0 Å². The molecular weight excluding hydrogens is 228 g/mol. The lowest BCUT2D eigenvalue weighted by Crippen LogP contribution is -2.32. The average molecular weight is 250 g/mol. The van der Waals surface area contributed by atoms with Crippen LogP contribution in [-0.2, 0) is 11.3 Å². The minimum Gasteiger partial charge on any atom is -0.496 e. The quantitative estimate of drug-likeness (QED) is 0.887. The molecule has 2 heterocycles. The van der Waals surface area contributed by atoms with E-state index >= 15 is 0 Å². The average Bonchev–Trinajstić information content (AvgIpc) is 2.40. The van der Waals surface area contributed by atoms with Gasteiger partial charge in [-0.15, -0.1) is 0 Å². The lowest BCUT2D eigenvalue weighted by molar-refractivity contribution is 0.0192. The van der Waals surface area contributed by atoms with Crippen molar-refractivity contribution in [3.63, 3.8) is 0 Å². The van der Waals surface area contributed by atoms with Gasteiger partial charge in [-0.25, -0.2) is 0 Å². The van der Waals surface area contributed by atoms with Gasteiger partial charge in [-0.3, -0.25) is 4.98 Å². The van der Waals surface area contributed by atoms with E-state index in [1.54, 1.807) is 7.11 Å². The van der Waals surface area contributed by atoms with Gasteiger partial charge in [-0.1, -0.05) is 0 Å². The summed E-state index contributed by atoms with van der Waals surface area (Å²) in [6.07, 6.45) is 4.39. The maximum atomic E-state index is 5.93. The van der Waals surface area contributed by atoms with Gasteiger partial charge in [0.2, 0.25) is 0 Å². The summed E-state index contributed by atoms with van der Waals surface area (Å²) in [5, 5.41) is 3.33. The van der Waals surface area contributed by atoms with Gasteiger partial charge in [0, 0.05) is 17.3 Å². The number of methoxy groups -OCH3 is 1. The van der Waals surface area contributed by atoms with Gasteiger partial charge in [-0.05, 0) is 39.8 Å². The first-order valence-corrected chi connectivity index (χ1v) is 6.53. The highest BCUT2D eigenvalue weighted by atomic mass is 16.5. The van der Waals surface area contributed by atoms with Crippen LogP contribution in [-0.4, -0.2) is 31.3 Å². The molecule has 4 nitrogen and oxygen atoms in total. The topological polar surface area (TPSA) is 43.4 Å². The normalized spacial score (nSPS) is 16.8. The zero-order valence-corrected chi connectivity index (χ0v) is 11.5. The van der Waals surface area contributed by atoms with Crippen LogP contribution in [0.3, 0.4) is 0 Å². The summed E-state index contributed by atoms with van der Waals surface area (Å²) < 4.78 is 11.3. The SMILES string of the molecule is COc1c(C)cnc(COC2CCNCC2)c1C. The van der Waals surface area contributed by atoms with E-state index < -0.39 is 0 Å². The van der Waals surface area contributed by atoms with Crippen LogP contribution in [0.4, 0.5) is 0 Å². The number of aryl methyl sites for hydroxylation is 1. The van der Waals surface area contributed by atoms with Crippen LogP contribution in [0.2, 0.25) is 0 Å². The third-order valence-corrected chi connectivity index (χ3v) is 3.49. The second kappa shape index (κ2) is 6.16. The highest BCUT2D eigenvalue weighted by Gasteiger charge is 2.15. The van der Waals surface area contributed by atoms with Gasteiger partial charge >= 0.3 is 0 Å². The van der Waals surface area contributed by atoms with Crippen molar-refractivity contribution < 1.29 is 9.47 Å². The minimum absolute atomic E-state index is 0.361. The maximum absolute atomic E-state index is 5.93. The van der Waals surface area contributed by atoms with Crippen LogP contribution in [0.25, 0.3) is 0 Å². The first-order valence-electron chi connectivity index (χ1n) is 6.53. The summed E-state index contributed by atoms with van der Waals surface area (Å²) in [6, 6.07) is 0. The molecule has 1 aromatic rings. The van der Waals surface area contributed by atoms with Crippen LogP contribution in [0, 0.1) is 13.8 Å². The predicted molar refractivity (Wildman–Crippen MR) is 70.9 cm³/mol. The Hall–Kier alpha value is -1.13. The Morgan fingerprint density at radius 2 is 2.06 bits per heavy atom. The first kappa shape index (κ1) is 13.3. The number of rotatable bonds is 4. The Bertz CT molecular complexity index is 401. The van der Waals surface area contributed by atoms with Crippen LogP contribution in [0.5, 0.6) is 5.75 Å². The molecule has 4 heteroatoms. The van der Waals surface area contributed by atoms with E-state index in [1.807, 2.05) is 20.0 Å². The van der Waals surface area contributed by atoms with Crippen molar-refractivity contribution in [1.82, 2.24) is 10.3 Å². The zero-order valence-electron chi connectivity index (χ0n) is 11.5. The summed E-state index contributed by atoms with van der Waals surface area (Å²) in [4.78, 5) is 4.45. The molecule has 0 aliphatic carbocycles. The molecule has 100 valence electrons. The molecule has 1 N–H and O–H groups in total. The molecule has 0 spiro atoms. The van der Waals surface area contributed by atoms with Gasteiger partial charge < -0.3 is 14.8 Å². The largest absolute Gasteiger partial charge is 0.496 e. The number of nitrogens with zero attached hydrogens (tertiary/aromatic N) is 1. The number of hydrogen-bond donors (Lipinski definition) is 1. The van der Waals surface area contributed by atoms with Crippen molar-refractivity contribution >= 4 is 0 Å². The summed E-state index contributed by atoms with van der Waals surface area (Å²) in [6.45, 7) is 6.73. The fraction of sp³-hybridized carbons (Fsp3) is 0.643. The Balaban J connectivity index is 2.00. The second-order valence-electron chi connectivity index (χ2n) is 4.81. The number of aromatic nitrogens is 1. The Morgan fingerprint density at radius 3 is 2.72 bits per heavy atom. The predicted octanol–water partition coefficient (Wildman–Crippen LogP) is 1.98. The molecule has 0 saturated carbocycles. The third kappa shape index (κ3) is 3.00. The Labute approximate surface area is 109 Å². The molecule has 18 heavy (non-hydrogen) atoms.